The van der Waals surface area contributed by atoms with E-state index in [2.05, 4.69) is 9.82 Å². The Morgan fingerprint density at radius 3 is 2.52 bits per heavy atom. The van der Waals surface area contributed by atoms with E-state index in [4.69, 9.17) is 16.3 Å². The smallest absolute Gasteiger partial charge is 0.416 e. The van der Waals surface area contributed by atoms with Crippen LogP contribution >= 0.6 is 11.6 Å². The summed E-state index contributed by atoms with van der Waals surface area (Å²) in [7, 11) is -2.26. The second kappa shape index (κ2) is 7.65. The van der Waals surface area contributed by atoms with E-state index in [-0.39, 0.29) is 28.1 Å². The number of fused-ring (bicyclic) bond motifs is 1. The van der Waals surface area contributed by atoms with Gasteiger partial charge in [-0.2, -0.15) is 18.3 Å². The molecule has 2 aromatic carbocycles. The quantitative estimate of drug-likeness (QED) is 0.608. The Hall–Kier alpha value is -2.92. The number of aromatic nitrogens is 2. The topological polar surface area (TPSA) is 76.5 Å². The number of sulfonamides is 1. The summed E-state index contributed by atoms with van der Waals surface area (Å²) in [5.74, 6) is 0.436. The zero-order chi connectivity index (χ0) is 22.4. The van der Waals surface area contributed by atoms with Crippen molar-refractivity contribution in [3.05, 3.63) is 59.2 Å². The van der Waals surface area contributed by atoms with Crippen LogP contribution in [0.15, 0.2) is 53.6 Å². The van der Waals surface area contributed by atoms with Crippen LogP contribution in [0.25, 0.3) is 0 Å². The molecule has 12 heteroatoms. The summed E-state index contributed by atoms with van der Waals surface area (Å²) in [5.41, 5.74) is 0.00268. The third-order valence-electron chi connectivity index (χ3n) is 4.62. The lowest BCUT2D eigenvalue weighted by Crippen LogP contribution is -2.29. The summed E-state index contributed by atoms with van der Waals surface area (Å²) in [6, 6.07) is 8.87. The fraction of sp³-hybridized carbons (Fsp3) is 0.211. The molecule has 0 radical (unpaired) electrons. The van der Waals surface area contributed by atoms with Crippen LogP contribution in [-0.4, -0.2) is 31.3 Å². The first-order chi connectivity index (χ1) is 14.5. The van der Waals surface area contributed by atoms with Gasteiger partial charge in [0.1, 0.15) is 12.4 Å². The standard InChI is InChI=1S/C19H16ClF3N4O3S/c1-26-7-6-18(24-26)25-31(28,29)13-3-5-16-17(11-13)30-9-8-27(16)15-4-2-12(10-14(15)20)19(21,22)23/h2-7,10-11H,8-9H2,1H3,(H,24,25). The van der Waals surface area contributed by atoms with Crippen LogP contribution in [0, 0.1) is 0 Å². The highest BCUT2D eigenvalue weighted by Gasteiger charge is 2.32. The maximum absolute atomic E-state index is 12.9. The minimum Gasteiger partial charge on any atom is -0.489 e. The number of anilines is 3. The minimum absolute atomic E-state index is 0.0442. The zero-order valence-corrected chi connectivity index (χ0v) is 17.6. The minimum atomic E-state index is -4.51. The Balaban J connectivity index is 1.66. The van der Waals surface area contributed by atoms with E-state index >= 15 is 0 Å². The fourth-order valence-corrected chi connectivity index (χ4v) is 4.48. The third kappa shape index (κ3) is 4.28. The molecular formula is C19H16ClF3N4O3S. The first kappa shape index (κ1) is 21.3. The van der Waals surface area contributed by atoms with Gasteiger partial charge in [0.15, 0.2) is 5.82 Å². The lowest BCUT2D eigenvalue weighted by molar-refractivity contribution is -0.137. The number of rotatable bonds is 4. The van der Waals surface area contributed by atoms with Crippen molar-refractivity contribution in [1.82, 2.24) is 9.78 Å². The van der Waals surface area contributed by atoms with E-state index in [1.807, 2.05) is 0 Å². The van der Waals surface area contributed by atoms with Crippen molar-refractivity contribution in [2.75, 3.05) is 22.8 Å². The fourth-order valence-electron chi connectivity index (χ4n) is 3.19. The average molecular weight is 473 g/mol. The highest BCUT2D eigenvalue weighted by molar-refractivity contribution is 7.92. The van der Waals surface area contributed by atoms with Crippen LogP contribution in [0.1, 0.15) is 5.56 Å². The second-order valence-electron chi connectivity index (χ2n) is 6.77. The number of hydrogen-bond donors (Lipinski definition) is 1. The Labute approximate surface area is 181 Å². The summed E-state index contributed by atoms with van der Waals surface area (Å²) in [5, 5.41) is 3.91. The molecule has 1 N–H and O–H groups in total. The molecule has 0 saturated carbocycles. The van der Waals surface area contributed by atoms with Crippen molar-refractivity contribution in [1.29, 1.82) is 0 Å². The van der Waals surface area contributed by atoms with Crippen molar-refractivity contribution in [2.24, 2.45) is 7.05 Å². The predicted molar refractivity (Wildman–Crippen MR) is 109 cm³/mol. The van der Waals surface area contributed by atoms with Crippen molar-refractivity contribution < 1.29 is 26.3 Å². The number of alkyl halides is 3. The first-order valence-electron chi connectivity index (χ1n) is 8.98. The molecule has 0 bridgehead atoms. The van der Waals surface area contributed by atoms with Crippen molar-refractivity contribution >= 4 is 38.8 Å². The van der Waals surface area contributed by atoms with Gasteiger partial charge >= 0.3 is 6.18 Å². The van der Waals surface area contributed by atoms with Crippen LogP contribution in [0.2, 0.25) is 5.02 Å². The number of nitrogens with zero attached hydrogens (tertiary/aromatic N) is 3. The molecule has 31 heavy (non-hydrogen) atoms. The number of halogens is 4. The van der Waals surface area contributed by atoms with E-state index in [9.17, 15) is 21.6 Å². The molecule has 0 aliphatic carbocycles. The molecule has 164 valence electrons. The molecule has 0 amide bonds. The Morgan fingerprint density at radius 1 is 1.13 bits per heavy atom. The molecule has 4 rings (SSSR count). The Morgan fingerprint density at radius 2 is 1.87 bits per heavy atom. The summed E-state index contributed by atoms with van der Waals surface area (Å²) >= 11 is 6.13. The molecular weight excluding hydrogens is 457 g/mol. The molecule has 0 atom stereocenters. The number of hydrogen-bond acceptors (Lipinski definition) is 5. The van der Waals surface area contributed by atoms with E-state index < -0.39 is 21.8 Å². The van der Waals surface area contributed by atoms with Crippen LogP contribution in [0.3, 0.4) is 0 Å². The highest BCUT2D eigenvalue weighted by Crippen LogP contribution is 2.42. The lowest BCUT2D eigenvalue weighted by atomic mass is 10.1. The molecule has 0 fully saturated rings. The third-order valence-corrected chi connectivity index (χ3v) is 6.28. The molecule has 0 unspecified atom stereocenters. The van der Waals surface area contributed by atoms with Gasteiger partial charge in [-0.15, -0.1) is 0 Å². The van der Waals surface area contributed by atoms with Crippen LogP contribution in [0.5, 0.6) is 5.75 Å². The summed E-state index contributed by atoms with van der Waals surface area (Å²) in [6.07, 6.45) is -2.91. The number of nitrogens with one attached hydrogen (secondary N) is 1. The predicted octanol–water partition coefficient (Wildman–Crippen LogP) is 4.42. The monoisotopic (exact) mass is 472 g/mol. The lowest BCUT2D eigenvalue weighted by Gasteiger charge is -2.32. The van der Waals surface area contributed by atoms with Gasteiger partial charge < -0.3 is 9.64 Å². The number of ether oxygens (including phenoxy) is 1. The van der Waals surface area contributed by atoms with Crippen LogP contribution in [0.4, 0.5) is 30.4 Å². The Bertz CT molecular complexity index is 1240. The normalized spacial score (nSPS) is 14.2. The van der Waals surface area contributed by atoms with Gasteiger partial charge in [-0.05, 0) is 30.3 Å². The molecule has 1 aliphatic heterocycles. The second-order valence-corrected chi connectivity index (χ2v) is 8.86. The van der Waals surface area contributed by atoms with Crippen molar-refractivity contribution in [2.45, 2.75) is 11.1 Å². The Kier molecular flexibility index (Phi) is 5.26. The summed E-state index contributed by atoms with van der Waals surface area (Å²) in [6.45, 7) is 0.526. The molecule has 0 spiro atoms. The van der Waals surface area contributed by atoms with Gasteiger partial charge in [-0.1, -0.05) is 11.6 Å². The van der Waals surface area contributed by atoms with E-state index in [1.165, 1.54) is 35.0 Å². The molecule has 2 heterocycles. The van der Waals surface area contributed by atoms with E-state index in [1.54, 1.807) is 18.1 Å². The average Bonchev–Trinajstić information content (AvgIpc) is 3.10. The molecule has 1 aromatic heterocycles. The SMILES string of the molecule is Cn1ccc(NS(=O)(=O)c2ccc3c(c2)OCCN3c2ccc(C(F)(F)F)cc2Cl)n1. The highest BCUT2D eigenvalue weighted by atomic mass is 35.5. The molecule has 1 aliphatic rings. The molecule has 3 aromatic rings. The maximum Gasteiger partial charge on any atom is 0.416 e. The largest absolute Gasteiger partial charge is 0.489 e. The maximum atomic E-state index is 12.9. The van der Waals surface area contributed by atoms with Crippen LogP contribution < -0.4 is 14.4 Å². The number of benzene rings is 2. The van der Waals surface area contributed by atoms with Gasteiger partial charge in [-0.25, -0.2) is 8.42 Å². The first-order valence-corrected chi connectivity index (χ1v) is 10.8. The molecule has 7 nitrogen and oxygen atoms in total. The van der Waals surface area contributed by atoms with Gasteiger partial charge in [0.25, 0.3) is 10.0 Å². The number of aryl methyl sites for hydroxylation is 1. The van der Waals surface area contributed by atoms with Gasteiger partial charge in [0, 0.05) is 25.4 Å². The van der Waals surface area contributed by atoms with E-state index in [0.717, 1.165) is 12.1 Å². The van der Waals surface area contributed by atoms with Gasteiger partial charge in [0.2, 0.25) is 0 Å². The van der Waals surface area contributed by atoms with Crippen LogP contribution in [-0.2, 0) is 23.2 Å². The summed E-state index contributed by atoms with van der Waals surface area (Å²) < 4.78 is 73.6. The van der Waals surface area contributed by atoms with E-state index in [0.29, 0.717) is 17.9 Å². The summed E-state index contributed by atoms with van der Waals surface area (Å²) in [4.78, 5) is 1.64. The zero-order valence-electron chi connectivity index (χ0n) is 16.0. The molecule has 0 saturated heterocycles. The van der Waals surface area contributed by atoms with Gasteiger partial charge in [0.05, 0.1) is 33.4 Å². The van der Waals surface area contributed by atoms with Crippen molar-refractivity contribution in [3.63, 3.8) is 0 Å². The van der Waals surface area contributed by atoms with Crippen molar-refractivity contribution in [3.8, 4) is 5.75 Å². The van der Waals surface area contributed by atoms with Gasteiger partial charge in [-0.3, -0.25) is 9.40 Å².